The van der Waals surface area contributed by atoms with E-state index in [0.29, 0.717) is 28.5 Å². The summed E-state index contributed by atoms with van der Waals surface area (Å²) in [5, 5.41) is 0.353. The van der Waals surface area contributed by atoms with Crippen molar-refractivity contribution in [3.8, 4) is 11.5 Å². The first kappa shape index (κ1) is 17.6. The van der Waals surface area contributed by atoms with E-state index in [1.807, 2.05) is 0 Å². The fraction of sp³-hybridized carbons (Fsp3) is 0.200. The highest BCUT2D eigenvalue weighted by Crippen LogP contribution is 2.38. The number of benzene rings is 1. The zero-order valence-electron chi connectivity index (χ0n) is 12.5. The minimum Gasteiger partial charge on any atom is -0.455 e. The lowest BCUT2D eigenvalue weighted by Crippen LogP contribution is -2.21. The van der Waals surface area contributed by atoms with E-state index in [1.165, 1.54) is 30.6 Å². The van der Waals surface area contributed by atoms with Gasteiger partial charge in [-0.1, -0.05) is 11.6 Å². The maximum absolute atomic E-state index is 12.6. The van der Waals surface area contributed by atoms with Crippen LogP contribution in [0, 0.1) is 0 Å². The topological polar surface area (TPSA) is 85.4 Å². The number of pyridine rings is 1. The number of fused-ring (bicyclic) bond motifs is 1. The third kappa shape index (κ3) is 3.57. The molecular formula is C15H11ClF2N2O4S. The number of ether oxygens (including phenoxy) is 1. The van der Waals surface area contributed by atoms with Crippen molar-refractivity contribution in [2.45, 2.75) is 18.6 Å². The summed E-state index contributed by atoms with van der Waals surface area (Å²) in [6.07, 6.45) is 3.28. The number of sulfonamides is 1. The summed E-state index contributed by atoms with van der Waals surface area (Å²) in [7, 11) is -4.88. The van der Waals surface area contributed by atoms with E-state index < -0.39 is 15.8 Å². The highest BCUT2D eigenvalue weighted by molar-refractivity contribution is 7.93. The molecule has 0 amide bonds. The summed E-state index contributed by atoms with van der Waals surface area (Å²) < 4.78 is 55.4. The van der Waals surface area contributed by atoms with Gasteiger partial charge in [-0.15, -0.1) is 0 Å². The van der Waals surface area contributed by atoms with Gasteiger partial charge in [0.05, 0.1) is 16.9 Å². The van der Waals surface area contributed by atoms with E-state index in [2.05, 4.69) is 4.98 Å². The Balaban J connectivity index is 2.00. The van der Waals surface area contributed by atoms with Crippen LogP contribution in [-0.4, -0.2) is 24.9 Å². The highest BCUT2D eigenvalue weighted by Gasteiger charge is 2.31. The second-order valence-electron chi connectivity index (χ2n) is 5.24. The van der Waals surface area contributed by atoms with Gasteiger partial charge in [0.15, 0.2) is 5.78 Å². The molecule has 1 aliphatic rings. The average Bonchev–Trinajstić information content (AvgIpc) is 2.92. The molecule has 1 heterocycles. The third-order valence-corrected chi connectivity index (χ3v) is 4.73. The van der Waals surface area contributed by atoms with Gasteiger partial charge in [0, 0.05) is 29.8 Å². The molecule has 1 aromatic heterocycles. The summed E-state index contributed by atoms with van der Waals surface area (Å²) in [6.45, 7) is 0. The molecular weight excluding hydrogens is 378 g/mol. The summed E-state index contributed by atoms with van der Waals surface area (Å²) in [5.41, 5.74) is 0.297. The summed E-state index contributed by atoms with van der Waals surface area (Å²) in [5.74, 6) is -3.32. The molecule has 6 nitrogen and oxygen atoms in total. The van der Waals surface area contributed by atoms with E-state index in [0.717, 1.165) is 0 Å². The summed E-state index contributed by atoms with van der Waals surface area (Å²) in [4.78, 5) is 16.0. The number of carbonyl (C=O) groups is 1. The Morgan fingerprint density at radius 2 is 2.00 bits per heavy atom. The first-order chi connectivity index (χ1) is 11.8. The lowest BCUT2D eigenvalue weighted by molar-refractivity contribution is 0.0995. The SMILES string of the molecule is O=C1CCc2c(Oc3cncc(Cl)c3)ccc(NS(=O)(=O)C(F)F)c21. The molecule has 0 bridgehead atoms. The van der Waals surface area contributed by atoms with Crippen molar-refractivity contribution < 1.29 is 26.7 Å². The number of aromatic nitrogens is 1. The largest absolute Gasteiger partial charge is 0.455 e. The van der Waals surface area contributed by atoms with Crippen LogP contribution in [0.5, 0.6) is 11.5 Å². The Bertz CT molecular complexity index is 951. The van der Waals surface area contributed by atoms with Gasteiger partial charge < -0.3 is 4.74 Å². The van der Waals surface area contributed by atoms with Gasteiger partial charge in [-0.3, -0.25) is 14.5 Å². The number of hydrogen-bond donors (Lipinski definition) is 1. The lowest BCUT2D eigenvalue weighted by atomic mass is 10.1. The molecule has 0 unspecified atom stereocenters. The monoisotopic (exact) mass is 388 g/mol. The summed E-state index contributed by atoms with van der Waals surface area (Å²) >= 11 is 5.83. The van der Waals surface area contributed by atoms with Gasteiger partial charge in [-0.2, -0.15) is 8.78 Å². The van der Waals surface area contributed by atoms with Crippen LogP contribution in [0.3, 0.4) is 0 Å². The second kappa shape index (κ2) is 6.57. The zero-order valence-corrected chi connectivity index (χ0v) is 14.1. The number of anilines is 1. The van der Waals surface area contributed by atoms with Crippen LogP contribution in [0.15, 0.2) is 30.6 Å². The highest BCUT2D eigenvalue weighted by atomic mass is 35.5. The maximum Gasteiger partial charge on any atom is 0.355 e. The molecule has 0 saturated carbocycles. The lowest BCUT2D eigenvalue weighted by Gasteiger charge is -2.14. The fourth-order valence-electron chi connectivity index (χ4n) is 2.51. The molecule has 1 N–H and O–H groups in total. The number of rotatable bonds is 5. The van der Waals surface area contributed by atoms with Crippen LogP contribution < -0.4 is 9.46 Å². The molecule has 0 radical (unpaired) electrons. The first-order valence-corrected chi connectivity index (χ1v) is 8.97. The molecule has 2 aromatic rings. The molecule has 0 aliphatic heterocycles. The molecule has 0 spiro atoms. The number of Topliss-reactive ketones (excluding diaryl/α,β-unsaturated/α-hetero) is 1. The molecule has 132 valence electrons. The van der Waals surface area contributed by atoms with Gasteiger partial charge in [-0.05, 0) is 18.6 Å². The standard InChI is InChI=1S/C15H11ClF2N2O4S/c16-8-5-9(7-19-6-8)24-13-4-2-11(20-25(22,23)15(17)18)14-10(13)1-3-12(14)21/h2,4-7,15,20H,1,3H2. The van der Waals surface area contributed by atoms with Crippen molar-refractivity contribution in [1.29, 1.82) is 0 Å². The Morgan fingerprint density at radius 3 is 2.68 bits per heavy atom. The smallest absolute Gasteiger partial charge is 0.355 e. The zero-order chi connectivity index (χ0) is 18.2. The quantitative estimate of drug-likeness (QED) is 0.845. The third-order valence-electron chi connectivity index (χ3n) is 3.55. The minimum atomic E-state index is -4.88. The van der Waals surface area contributed by atoms with Crippen LogP contribution in [0.4, 0.5) is 14.5 Å². The van der Waals surface area contributed by atoms with Crippen LogP contribution in [-0.2, 0) is 16.4 Å². The van der Waals surface area contributed by atoms with E-state index in [-0.39, 0.29) is 23.5 Å². The predicted molar refractivity (Wildman–Crippen MR) is 87.0 cm³/mol. The molecule has 10 heteroatoms. The minimum absolute atomic E-state index is 0.0386. The van der Waals surface area contributed by atoms with E-state index in [9.17, 15) is 22.0 Å². The molecule has 1 aliphatic carbocycles. The number of alkyl halides is 2. The second-order valence-corrected chi connectivity index (χ2v) is 7.32. The number of carbonyl (C=O) groups excluding carboxylic acids is 1. The van der Waals surface area contributed by atoms with Gasteiger partial charge in [0.1, 0.15) is 11.5 Å². The molecule has 0 saturated heterocycles. The van der Waals surface area contributed by atoms with Gasteiger partial charge in [-0.25, -0.2) is 8.42 Å². The molecule has 25 heavy (non-hydrogen) atoms. The molecule has 3 rings (SSSR count). The van der Waals surface area contributed by atoms with Crippen LogP contribution in [0.1, 0.15) is 22.3 Å². The van der Waals surface area contributed by atoms with Crippen molar-refractivity contribution in [2.75, 3.05) is 4.72 Å². The predicted octanol–water partition coefficient (Wildman–Crippen LogP) is 3.62. The Hall–Kier alpha value is -2.26. The normalized spacial score (nSPS) is 13.8. The molecule has 0 fully saturated rings. The van der Waals surface area contributed by atoms with E-state index in [4.69, 9.17) is 16.3 Å². The Kier molecular flexibility index (Phi) is 4.61. The van der Waals surface area contributed by atoms with Crippen molar-refractivity contribution in [2.24, 2.45) is 0 Å². The number of hydrogen-bond acceptors (Lipinski definition) is 5. The first-order valence-electron chi connectivity index (χ1n) is 7.05. The number of nitrogens with zero attached hydrogens (tertiary/aromatic N) is 1. The van der Waals surface area contributed by atoms with Crippen molar-refractivity contribution in [3.05, 3.63) is 46.7 Å². The maximum atomic E-state index is 12.6. The van der Waals surface area contributed by atoms with E-state index in [1.54, 1.807) is 4.72 Å². The molecule has 0 atom stereocenters. The number of ketones is 1. The van der Waals surface area contributed by atoms with Crippen LogP contribution in [0.2, 0.25) is 5.02 Å². The summed E-state index contributed by atoms with van der Waals surface area (Å²) in [6, 6.07) is 4.14. The van der Waals surface area contributed by atoms with Gasteiger partial charge in [0.2, 0.25) is 0 Å². The number of nitrogens with one attached hydrogen (secondary N) is 1. The van der Waals surface area contributed by atoms with E-state index >= 15 is 0 Å². The van der Waals surface area contributed by atoms with Crippen LogP contribution >= 0.6 is 11.6 Å². The fourth-order valence-corrected chi connectivity index (χ4v) is 3.24. The Morgan fingerprint density at radius 1 is 1.24 bits per heavy atom. The number of halogens is 3. The Labute approximate surface area is 146 Å². The molecule has 1 aromatic carbocycles. The van der Waals surface area contributed by atoms with Crippen LogP contribution in [0.25, 0.3) is 0 Å². The van der Waals surface area contributed by atoms with Crippen molar-refractivity contribution in [3.63, 3.8) is 0 Å². The van der Waals surface area contributed by atoms with Gasteiger partial charge >= 0.3 is 5.76 Å². The van der Waals surface area contributed by atoms with Crippen molar-refractivity contribution in [1.82, 2.24) is 4.98 Å². The van der Waals surface area contributed by atoms with Crippen molar-refractivity contribution >= 4 is 33.1 Å². The van der Waals surface area contributed by atoms with Gasteiger partial charge in [0.25, 0.3) is 10.0 Å². The average molecular weight is 389 g/mol.